The molecule has 86 valence electrons. The van der Waals surface area contributed by atoms with Crippen LogP contribution in [0.2, 0.25) is 0 Å². The van der Waals surface area contributed by atoms with E-state index in [0.29, 0.717) is 13.2 Å². The zero-order chi connectivity index (χ0) is 11.3. The summed E-state index contributed by atoms with van der Waals surface area (Å²) >= 11 is 0. The topological polar surface area (TPSA) is 40.8 Å². The molecule has 0 unspecified atom stereocenters. The molecule has 1 aromatic heterocycles. The quantitative estimate of drug-likeness (QED) is 0.697. The second-order valence-electron chi connectivity index (χ2n) is 4.08. The minimum Gasteiger partial charge on any atom is -0.464 e. The first kappa shape index (κ1) is 9.27. The molecular formula is C13H10O4. The molecule has 1 saturated heterocycles. The predicted molar refractivity (Wildman–Crippen MR) is 60.5 cm³/mol. The van der Waals surface area contributed by atoms with Crippen LogP contribution in [0, 0.1) is 0 Å². The second kappa shape index (κ2) is 3.12. The molecule has 0 radical (unpaired) electrons. The predicted octanol–water partition coefficient (Wildman–Crippen LogP) is 2.54. The van der Waals surface area contributed by atoms with Gasteiger partial charge in [-0.25, -0.2) is 0 Å². The molecule has 17 heavy (non-hydrogen) atoms. The first-order valence-corrected chi connectivity index (χ1v) is 5.52. The van der Waals surface area contributed by atoms with Crippen molar-refractivity contribution < 1.29 is 18.6 Å². The number of furan rings is 1. The van der Waals surface area contributed by atoms with Crippen LogP contribution in [0.4, 0.5) is 0 Å². The van der Waals surface area contributed by atoms with Crippen LogP contribution in [0.15, 0.2) is 35.0 Å². The zero-order valence-corrected chi connectivity index (χ0v) is 9.01. The van der Waals surface area contributed by atoms with Crippen LogP contribution in [-0.2, 0) is 9.47 Å². The largest absolute Gasteiger partial charge is 0.464 e. The SMILES string of the molecule is C1=CC2(OCCO2)Oc2cc3ccoc3cc21. The van der Waals surface area contributed by atoms with Gasteiger partial charge in [0.25, 0.3) is 0 Å². The van der Waals surface area contributed by atoms with E-state index >= 15 is 0 Å². The van der Waals surface area contributed by atoms with Gasteiger partial charge < -0.3 is 18.6 Å². The number of ether oxygens (including phenoxy) is 3. The average molecular weight is 230 g/mol. The van der Waals surface area contributed by atoms with Crippen LogP contribution in [0.25, 0.3) is 17.0 Å². The minimum atomic E-state index is -1.02. The third kappa shape index (κ3) is 1.31. The highest BCUT2D eigenvalue weighted by atomic mass is 16.9. The van der Waals surface area contributed by atoms with Gasteiger partial charge in [-0.1, -0.05) is 0 Å². The third-order valence-electron chi connectivity index (χ3n) is 2.99. The number of hydrogen-bond acceptors (Lipinski definition) is 4. The first-order chi connectivity index (χ1) is 8.35. The van der Waals surface area contributed by atoms with E-state index in [0.717, 1.165) is 22.3 Å². The number of benzene rings is 1. The molecule has 2 aliphatic rings. The van der Waals surface area contributed by atoms with Gasteiger partial charge in [-0.15, -0.1) is 0 Å². The normalized spacial score (nSPS) is 20.7. The van der Waals surface area contributed by atoms with E-state index in [9.17, 15) is 0 Å². The van der Waals surface area contributed by atoms with Crippen molar-refractivity contribution in [3.8, 4) is 5.75 Å². The summed E-state index contributed by atoms with van der Waals surface area (Å²) in [5, 5.41) is 1.01. The molecule has 1 spiro atoms. The Bertz CT molecular complexity index is 605. The van der Waals surface area contributed by atoms with E-state index in [1.54, 1.807) is 12.3 Å². The van der Waals surface area contributed by atoms with Gasteiger partial charge in [0.15, 0.2) is 0 Å². The summed E-state index contributed by atoms with van der Waals surface area (Å²) in [4.78, 5) is 0. The van der Waals surface area contributed by atoms with Crippen molar-refractivity contribution in [1.82, 2.24) is 0 Å². The molecule has 0 atom stereocenters. The van der Waals surface area contributed by atoms with Crippen molar-refractivity contribution in [2.24, 2.45) is 0 Å². The maximum atomic E-state index is 5.78. The van der Waals surface area contributed by atoms with Crippen molar-refractivity contribution in [1.29, 1.82) is 0 Å². The van der Waals surface area contributed by atoms with E-state index in [1.165, 1.54) is 0 Å². The maximum absolute atomic E-state index is 5.78. The summed E-state index contributed by atoms with van der Waals surface area (Å²) in [6.45, 7) is 1.10. The van der Waals surface area contributed by atoms with Gasteiger partial charge in [-0.05, 0) is 24.3 Å². The highest BCUT2D eigenvalue weighted by Crippen LogP contribution is 2.37. The monoisotopic (exact) mass is 230 g/mol. The fourth-order valence-electron chi connectivity index (χ4n) is 2.17. The van der Waals surface area contributed by atoms with E-state index < -0.39 is 5.97 Å². The summed E-state index contributed by atoms with van der Waals surface area (Å²) in [6.07, 6.45) is 5.39. The molecule has 0 saturated carbocycles. The van der Waals surface area contributed by atoms with Gasteiger partial charge >= 0.3 is 5.97 Å². The van der Waals surface area contributed by atoms with Crippen LogP contribution in [-0.4, -0.2) is 19.2 Å². The summed E-state index contributed by atoms with van der Waals surface area (Å²) in [7, 11) is 0. The van der Waals surface area contributed by atoms with Crippen LogP contribution in [0.3, 0.4) is 0 Å². The Morgan fingerprint density at radius 1 is 1.12 bits per heavy atom. The molecule has 4 nitrogen and oxygen atoms in total. The van der Waals surface area contributed by atoms with Crippen LogP contribution < -0.4 is 4.74 Å². The molecule has 4 heteroatoms. The lowest BCUT2D eigenvalue weighted by Gasteiger charge is -2.28. The van der Waals surface area contributed by atoms with E-state index in [4.69, 9.17) is 18.6 Å². The lowest BCUT2D eigenvalue weighted by molar-refractivity contribution is -0.249. The van der Waals surface area contributed by atoms with E-state index in [-0.39, 0.29) is 0 Å². The van der Waals surface area contributed by atoms with Gasteiger partial charge in [-0.2, -0.15) is 0 Å². The molecule has 0 N–H and O–H groups in total. The molecule has 0 bridgehead atoms. The summed E-state index contributed by atoms with van der Waals surface area (Å²) in [6, 6.07) is 5.79. The summed E-state index contributed by atoms with van der Waals surface area (Å²) in [5.41, 5.74) is 1.82. The number of rotatable bonds is 0. The molecule has 0 aliphatic carbocycles. The molecule has 3 heterocycles. The standard InChI is InChI=1S/C13H10O4/c1-3-13(15-5-6-16-13)17-12-8-10-2-4-14-11(10)7-9(1)12/h1-4,7-8H,5-6H2. The van der Waals surface area contributed by atoms with Crippen LogP contribution >= 0.6 is 0 Å². The van der Waals surface area contributed by atoms with Gasteiger partial charge in [0.1, 0.15) is 11.3 Å². The molecule has 2 aromatic rings. The Kier molecular flexibility index (Phi) is 1.70. The van der Waals surface area contributed by atoms with Crippen molar-refractivity contribution in [2.45, 2.75) is 5.97 Å². The Labute approximate surface area is 97.4 Å². The molecule has 1 aromatic carbocycles. The molecule has 1 fully saturated rings. The van der Waals surface area contributed by atoms with Crippen LogP contribution in [0.5, 0.6) is 5.75 Å². The van der Waals surface area contributed by atoms with Gasteiger partial charge in [0.2, 0.25) is 0 Å². The molecular weight excluding hydrogens is 220 g/mol. The Morgan fingerprint density at radius 3 is 2.88 bits per heavy atom. The van der Waals surface area contributed by atoms with Crippen LogP contribution in [0.1, 0.15) is 5.56 Å². The fraction of sp³-hybridized carbons (Fsp3) is 0.231. The Balaban J connectivity index is 1.85. The Morgan fingerprint density at radius 2 is 2.00 bits per heavy atom. The Hall–Kier alpha value is -1.78. The van der Waals surface area contributed by atoms with Gasteiger partial charge in [-0.3, -0.25) is 0 Å². The molecule has 0 amide bonds. The third-order valence-corrected chi connectivity index (χ3v) is 2.99. The zero-order valence-electron chi connectivity index (χ0n) is 9.01. The smallest absolute Gasteiger partial charge is 0.349 e. The lowest BCUT2D eigenvalue weighted by Crippen LogP contribution is -2.36. The highest BCUT2D eigenvalue weighted by Gasteiger charge is 2.39. The first-order valence-electron chi connectivity index (χ1n) is 5.52. The van der Waals surface area contributed by atoms with Crippen molar-refractivity contribution in [3.05, 3.63) is 36.1 Å². The highest BCUT2D eigenvalue weighted by molar-refractivity contribution is 5.83. The van der Waals surface area contributed by atoms with Crippen molar-refractivity contribution >= 4 is 17.0 Å². The summed E-state index contributed by atoms with van der Waals surface area (Å²) in [5.74, 6) is -0.270. The van der Waals surface area contributed by atoms with Crippen molar-refractivity contribution in [2.75, 3.05) is 13.2 Å². The molecule has 2 aliphatic heterocycles. The van der Waals surface area contributed by atoms with E-state index in [1.807, 2.05) is 24.3 Å². The lowest BCUT2D eigenvalue weighted by atomic mass is 10.1. The average Bonchev–Trinajstić information content (AvgIpc) is 2.95. The fourth-order valence-corrected chi connectivity index (χ4v) is 2.17. The van der Waals surface area contributed by atoms with Gasteiger partial charge in [0, 0.05) is 17.0 Å². The number of hydrogen-bond donors (Lipinski definition) is 0. The molecule has 4 rings (SSSR count). The minimum absolute atomic E-state index is 0.549. The van der Waals surface area contributed by atoms with Crippen molar-refractivity contribution in [3.63, 3.8) is 0 Å². The van der Waals surface area contributed by atoms with E-state index in [2.05, 4.69) is 0 Å². The maximum Gasteiger partial charge on any atom is 0.349 e. The summed E-state index contributed by atoms with van der Waals surface area (Å²) < 4.78 is 22.1. The number of fused-ring (bicyclic) bond motifs is 2. The second-order valence-corrected chi connectivity index (χ2v) is 4.08. The van der Waals surface area contributed by atoms with Gasteiger partial charge in [0.05, 0.1) is 19.5 Å².